The number of halogens is 1. The Bertz CT molecular complexity index is 601. The molecule has 2 N–H and O–H groups in total. The van der Waals surface area contributed by atoms with Crippen molar-refractivity contribution in [2.75, 3.05) is 13.2 Å². The Hall–Kier alpha value is -1.07. The summed E-state index contributed by atoms with van der Waals surface area (Å²) in [7, 11) is 0. The third-order valence-corrected chi connectivity index (χ3v) is 4.88. The molecule has 0 bridgehead atoms. The predicted molar refractivity (Wildman–Crippen MR) is 100 cm³/mol. The Kier molecular flexibility index (Phi) is 8.06. The highest BCUT2D eigenvalue weighted by molar-refractivity contribution is 7.10. The van der Waals surface area contributed by atoms with Crippen LogP contribution in [-0.2, 0) is 0 Å². The Balaban J connectivity index is 0.00000264. The average molecular weight is 356 g/mol. The molecule has 2 atom stereocenters. The van der Waals surface area contributed by atoms with Gasteiger partial charge in [0.15, 0.2) is 0 Å². The summed E-state index contributed by atoms with van der Waals surface area (Å²) in [5.41, 5.74) is 3.53. The molecule has 0 amide bonds. The first kappa shape index (κ1) is 20.0. The number of thiophene rings is 1. The number of aryl methyl sites for hydroxylation is 2. The maximum Gasteiger partial charge on any atom is 0.122 e. The summed E-state index contributed by atoms with van der Waals surface area (Å²) in [6.07, 6.45) is -0.525. The van der Waals surface area contributed by atoms with Crippen LogP contribution in [-0.4, -0.2) is 24.4 Å². The summed E-state index contributed by atoms with van der Waals surface area (Å²) in [6, 6.07) is 8.56. The molecule has 23 heavy (non-hydrogen) atoms. The van der Waals surface area contributed by atoms with Gasteiger partial charge < -0.3 is 15.2 Å². The van der Waals surface area contributed by atoms with Gasteiger partial charge in [-0.15, -0.1) is 23.7 Å². The van der Waals surface area contributed by atoms with Gasteiger partial charge in [0, 0.05) is 17.5 Å². The van der Waals surface area contributed by atoms with Crippen molar-refractivity contribution in [1.29, 1.82) is 0 Å². The van der Waals surface area contributed by atoms with Crippen LogP contribution >= 0.6 is 23.7 Å². The van der Waals surface area contributed by atoms with Gasteiger partial charge in [-0.05, 0) is 61.9 Å². The molecule has 2 unspecified atom stereocenters. The van der Waals surface area contributed by atoms with Crippen LogP contribution < -0.4 is 10.1 Å². The molecular formula is C18H26ClNO2S. The van der Waals surface area contributed by atoms with E-state index < -0.39 is 6.10 Å². The first-order valence-corrected chi connectivity index (χ1v) is 8.51. The largest absolute Gasteiger partial charge is 0.491 e. The topological polar surface area (TPSA) is 41.5 Å². The zero-order valence-electron chi connectivity index (χ0n) is 14.1. The minimum atomic E-state index is -0.525. The highest BCUT2D eigenvalue weighted by Crippen LogP contribution is 2.23. The number of benzene rings is 1. The zero-order valence-corrected chi connectivity index (χ0v) is 15.8. The van der Waals surface area contributed by atoms with Crippen molar-refractivity contribution in [3.05, 3.63) is 51.2 Å². The lowest BCUT2D eigenvalue weighted by atomic mass is 10.1. The normalized spacial score (nSPS) is 13.3. The Labute approximate surface area is 149 Å². The maximum atomic E-state index is 10.1. The Morgan fingerprint density at radius 1 is 1.26 bits per heavy atom. The van der Waals surface area contributed by atoms with E-state index in [1.54, 1.807) is 11.3 Å². The molecule has 5 heteroatoms. The first-order chi connectivity index (χ1) is 10.5. The van der Waals surface area contributed by atoms with E-state index in [-0.39, 0.29) is 18.4 Å². The number of ether oxygens (including phenoxy) is 1. The van der Waals surface area contributed by atoms with Crippen molar-refractivity contribution < 1.29 is 9.84 Å². The lowest BCUT2D eigenvalue weighted by molar-refractivity contribution is 0.104. The van der Waals surface area contributed by atoms with Crippen LogP contribution in [0.1, 0.15) is 34.5 Å². The molecule has 2 aromatic rings. The number of nitrogens with one attached hydrogen (secondary N) is 1. The second kappa shape index (κ2) is 9.28. The molecule has 0 fully saturated rings. The smallest absolute Gasteiger partial charge is 0.122 e. The van der Waals surface area contributed by atoms with E-state index >= 15 is 0 Å². The van der Waals surface area contributed by atoms with E-state index in [4.69, 9.17) is 4.74 Å². The van der Waals surface area contributed by atoms with Crippen LogP contribution in [0.2, 0.25) is 0 Å². The molecule has 0 aliphatic rings. The SMILES string of the molecule is Cc1cc(C)c(C)c(OCC(O)CNC(C)c2cccs2)c1.Cl. The third kappa shape index (κ3) is 5.81. The van der Waals surface area contributed by atoms with Crippen molar-refractivity contribution in [3.63, 3.8) is 0 Å². The van der Waals surface area contributed by atoms with Gasteiger partial charge in [0.25, 0.3) is 0 Å². The van der Waals surface area contributed by atoms with Crippen molar-refractivity contribution >= 4 is 23.7 Å². The maximum absolute atomic E-state index is 10.1. The van der Waals surface area contributed by atoms with E-state index in [9.17, 15) is 5.11 Å². The van der Waals surface area contributed by atoms with Gasteiger partial charge >= 0.3 is 0 Å². The molecule has 0 aliphatic heterocycles. The molecule has 1 aromatic heterocycles. The second-order valence-corrected chi connectivity index (χ2v) is 6.79. The lowest BCUT2D eigenvalue weighted by Crippen LogP contribution is -2.32. The van der Waals surface area contributed by atoms with E-state index in [1.807, 2.05) is 19.1 Å². The van der Waals surface area contributed by atoms with Gasteiger partial charge in [-0.2, -0.15) is 0 Å². The molecule has 3 nitrogen and oxygen atoms in total. The predicted octanol–water partition coefficient (Wildman–Crippen LogP) is 4.19. The molecule has 0 aliphatic carbocycles. The standard InChI is InChI=1S/C18H25NO2S.ClH/c1-12-8-13(2)14(3)17(9-12)21-11-16(20)10-19-15(4)18-6-5-7-22-18;/h5-9,15-16,19-20H,10-11H2,1-4H3;1H. The van der Waals surface area contributed by atoms with Crippen LogP contribution in [0.4, 0.5) is 0 Å². The average Bonchev–Trinajstić information content (AvgIpc) is 3.01. The molecule has 0 saturated carbocycles. The van der Waals surface area contributed by atoms with Crippen LogP contribution in [0.5, 0.6) is 5.75 Å². The number of hydrogen-bond donors (Lipinski definition) is 2. The highest BCUT2D eigenvalue weighted by atomic mass is 35.5. The molecule has 128 valence electrons. The van der Waals surface area contributed by atoms with Crippen LogP contribution in [0.25, 0.3) is 0 Å². The minimum Gasteiger partial charge on any atom is -0.491 e. The second-order valence-electron chi connectivity index (χ2n) is 5.82. The van der Waals surface area contributed by atoms with E-state index in [2.05, 4.69) is 43.6 Å². The molecule has 0 radical (unpaired) electrons. The number of aliphatic hydroxyl groups is 1. The molecule has 1 heterocycles. The number of aliphatic hydroxyl groups excluding tert-OH is 1. The molecule has 0 spiro atoms. The van der Waals surface area contributed by atoms with Crippen LogP contribution in [0.15, 0.2) is 29.6 Å². The van der Waals surface area contributed by atoms with Crippen molar-refractivity contribution in [2.45, 2.75) is 39.8 Å². The minimum absolute atomic E-state index is 0. The van der Waals surface area contributed by atoms with Gasteiger partial charge in [0.1, 0.15) is 18.5 Å². The summed E-state index contributed by atoms with van der Waals surface area (Å²) < 4.78 is 5.80. The summed E-state index contributed by atoms with van der Waals surface area (Å²) in [6.45, 7) is 9.10. The Morgan fingerprint density at radius 3 is 2.65 bits per heavy atom. The fourth-order valence-corrected chi connectivity index (χ4v) is 3.11. The van der Waals surface area contributed by atoms with Crippen LogP contribution in [0.3, 0.4) is 0 Å². The quantitative estimate of drug-likeness (QED) is 0.782. The van der Waals surface area contributed by atoms with Gasteiger partial charge in [-0.1, -0.05) is 12.1 Å². The van der Waals surface area contributed by atoms with E-state index in [0.29, 0.717) is 13.2 Å². The summed E-state index contributed by atoms with van der Waals surface area (Å²) in [4.78, 5) is 1.28. The molecule has 2 rings (SSSR count). The van der Waals surface area contributed by atoms with E-state index in [0.717, 1.165) is 11.3 Å². The number of hydrogen-bond acceptors (Lipinski definition) is 4. The molecular weight excluding hydrogens is 330 g/mol. The van der Waals surface area contributed by atoms with E-state index in [1.165, 1.54) is 16.0 Å². The van der Waals surface area contributed by atoms with Crippen molar-refractivity contribution in [1.82, 2.24) is 5.32 Å². The summed E-state index contributed by atoms with van der Waals surface area (Å²) in [5, 5.41) is 15.5. The zero-order chi connectivity index (χ0) is 16.1. The van der Waals surface area contributed by atoms with Gasteiger partial charge in [-0.25, -0.2) is 0 Å². The fourth-order valence-electron chi connectivity index (χ4n) is 2.35. The summed E-state index contributed by atoms with van der Waals surface area (Å²) in [5.74, 6) is 0.864. The number of rotatable bonds is 7. The fraction of sp³-hybridized carbons (Fsp3) is 0.444. The van der Waals surface area contributed by atoms with Gasteiger partial charge in [0.2, 0.25) is 0 Å². The van der Waals surface area contributed by atoms with Gasteiger partial charge in [-0.3, -0.25) is 0 Å². The third-order valence-electron chi connectivity index (χ3n) is 3.82. The monoisotopic (exact) mass is 355 g/mol. The Morgan fingerprint density at radius 2 is 2.00 bits per heavy atom. The van der Waals surface area contributed by atoms with Gasteiger partial charge in [0.05, 0.1) is 0 Å². The van der Waals surface area contributed by atoms with Crippen LogP contribution in [0, 0.1) is 20.8 Å². The lowest BCUT2D eigenvalue weighted by Gasteiger charge is -2.18. The highest BCUT2D eigenvalue weighted by Gasteiger charge is 2.11. The first-order valence-electron chi connectivity index (χ1n) is 7.63. The molecule has 1 aromatic carbocycles. The van der Waals surface area contributed by atoms with Crippen molar-refractivity contribution in [2.24, 2.45) is 0 Å². The molecule has 0 saturated heterocycles. The summed E-state index contributed by atoms with van der Waals surface area (Å²) >= 11 is 1.72. The van der Waals surface area contributed by atoms with Crippen molar-refractivity contribution in [3.8, 4) is 5.75 Å².